The van der Waals surface area contributed by atoms with Crippen molar-refractivity contribution in [3.05, 3.63) is 0 Å². The zero-order valence-electron chi connectivity index (χ0n) is 12.6. The van der Waals surface area contributed by atoms with Crippen molar-refractivity contribution in [2.24, 2.45) is 11.8 Å². The Kier molecular flexibility index (Phi) is 5.50. The summed E-state index contributed by atoms with van der Waals surface area (Å²) in [5.41, 5.74) is 0. The van der Waals surface area contributed by atoms with Gasteiger partial charge in [-0.05, 0) is 63.8 Å². The van der Waals surface area contributed by atoms with Crippen molar-refractivity contribution in [1.82, 2.24) is 10.2 Å². The Morgan fingerprint density at radius 2 is 1.72 bits per heavy atom. The van der Waals surface area contributed by atoms with Gasteiger partial charge >= 0.3 is 0 Å². The minimum Gasteiger partial charge on any atom is -0.313 e. The normalized spacial score (nSPS) is 38.8. The molecule has 0 aromatic rings. The summed E-state index contributed by atoms with van der Waals surface area (Å²) < 4.78 is 0. The predicted molar refractivity (Wildman–Crippen MR) is 78.9 cm³/mol. The number of rotatable bonds is 4. The molecule has 0 aromatic heterocycles. The molecule has 0 radical (unpaired) electrons. The number of hydrogen-bond donors (Lipinski definition) is 1. The summed E-state index contributed by atoms with van der Waals surface area (Å²) in [5, 5.41) is 3.78. The zero-order chi connectivity index (χ0) is 13.0. The van der Waals surface area contributed by atoms with Crippen molar-refractivity contribution >= 4 is 0 Å². The first kappa shape index (κ1) is 14.3. The van der Waals surface area contributed by atoms with Crippen molar-refractivity contribution in [1.29, 1.82) is 0 Å². The van der Waals surface area contributed by atoms with Crippen LogP contribution >= 0.6 is 0 Å². The van der Waals surface area contributed by atoms with Crippen LogP contribution in [0.3, 0.4) is 0 Å². The third-order valence-corrected chi connectivity index (χ3v) is 5.35. The number of hydrogen-bond acceptors (Lipinski definition) is 2. The van der Waals surface area contributed by atoms with Crippen LogP contribution in [0.5, 0.6) is 0 Å². The first-order valence-electron chi connectivity index (χ1n) is 8.14. The van der Waals surface area contributed by atoms with Crippen molar-refractivity contribution in [2.45, 2.75) is 71.4 Å². The molecule has 1 N–H and O–H groups in total. The molecule has 2 nitrogen and oxygen atoms in total. The Hall–Kier alpha value is -0.0800. The highest BCUT2D eigenvalue weighted by molar-refractivity contribution is 4.80. The van der Waals surface area contributed by atoms with Crippen molar-refractivity contribution in [3.8, 4) is 0 Å². The molecule has 106 valence electrons. The molecule has 0 bridgehead atoms. The molecule has 0 aromatic carbocycles. The molecule has 1 aliphatic carbocycles. The smallest absolute Gasteiger partial charge is 0.0110 e. The van der Waals surface area contributed by atoms with Crippen LogP contribution in [-0.4, -0.2) is 36.6 Å². The topological polar surface area (TPSA) is 15.3 Å². The highest BCUT2D eigenvalue weighted by Crippen LogP contribution is 2.24. The highest BCUT2D eigenvalue weighted by atomic mass is 15.2. The lowest BCUT2D eigenvalue weighted by molar-refractivity contribution is 0.113. The lowest BCUT2D eigenvalue weighted by atomic mass is 9.87. The van der Waals surface area contributed by atoms with Crippen LogP contribution in [0.25, 0.3) is 0 Å². The standard InChI is InChI=1S/C16H32N2/c1-13-6-8-16(9-7-13)17-10-12-18-11-4-5-14(2)15(18)3/h13-17H,4-12H2,1-3H3. The molecule has 2 atom stereocenters. The minimum atomic E-state index is 0.784. The maximum atomic E-state index is 3.78. The molecule has 1 heterocycles. The van der Waals surface area contributed by atoms with Gasteiger partial charge in [0.05, 0.1) is 0 Å². The Balaban J connectivity index is 1.62. The fourth-order valence-corrected chi connectivity index (χ4v) is 3.61. The Labute approximate surface area is 114 Å². The molecule has 2 rings (SSSR count). The van der Waals surface area contributed by atoms with Crippen LogP contribution in [0.1, 0.15) is 59.3 Å². The fourth-order valence-electron chi connectivity index (χ4n) is 3.61. The van der Waals surface area contributed by atoms with E-state index in [2.05, 4.69) is 31.0 Å². The van der Waals surface area contributed by atoms with Crippen LogP contribution in [-0.2, 0) is 0 Å². The summed E-state index contributed by atoms with van der Waals surface area (Å²) in [4.78, 5) is 2.69. The Bertz CT molecular complexity index is 233. The fraction of sp³-hybridized carbons (Fsp3) is 1.00. The van der Waals surface area contributed by atoms with Crippen LogP contribution in [0, 0.1) is 11.8 Å². The van der Waals surface area contributed by atoms with E-state index in [1.54, 1.807) is 0 Å². The molecule has 2 unspecified atom stereocenters. The van der Waals surface area contributed by atoms with Gasteiger partial charge in [0.25, 0.3) is 0 Å². The third-order valence-electron chi connectivity index (χ3n) is 5.35. The molecule has 2 fully saturated rings. The number of nitrogens with zero attached hydrogens (tertiary/aromatic N) is 1. The van der Waals surface area contributed by atoms with Gasteiger partial charge in [0, 0.05) is 25.2 Å². The van der Waals surface area contributed by atoms with E-state index in [-0.39, 0.29) is 0 Å². The van der Waals surface area contributed by atoms with E-state index in [4.69, 9.17) is 0 Å². The van der Waals surface area contributed by atoms with Crippen LogP contribution < -0.4 is 5.32 Å². The molecule has 0 amide bonds. The largest absolute Gasteiger partial charge is 0.313 e. The van der Waals surface area contributed by atoms with E-state index in [9.17, 15) is 0 Å². The van der Waals surface area contributed by atoms with Crippen LogP contribution in [0.4, 0.5) is 0 Å². The van der Waals surface area contributed by atoms with Gasteiger partial charge in [-0.2, -0.15) is 0 Å². The lowest BCUT2D eigenvalue weighted by Gasteiger charge is -2.38. The maximum Gasteiger partial charge on any atom is 0.0110 e. The van der Waals surface area contributed by atoms with Crippen LogP contribution in [0.15, 0.2) is 0 Å². The molecule has 2 heteroatoms. The summed E-state index contributed by atoms with van der Waals surface area (Å²) in [5.74, 6) is 1.85. The van der Waals surface area contributed by atoms with Crippen molar-refractivity contribution in [2.75, 3.05) is 19.6 Å². The molecular weight excluding hydrogens is 220 g/mol. The highest BCUT2D eigenvalue weighted by Gasteiger charge is 2.24. The molecular formula is C16H32N2. The summed E-state index contributed by atoms with van der Waals surface area (Å²) in [6.45, 7) is 11.0. The van der Waals surface area contributed by atoms with Gasteiger partial charge in [-0.15, -0.1) is 0 Å². The summed E-state index contributed by atoms with van der Waals surface area (Å²) in [6.07, 6.45) is 8.46. The average molecular weight is 252 g/mol. The third kappa shape index (κ3) is 3.96. The SMILES string of the molecule is CC1CCC(NCCN2CCCC(C)C2C)CC1. The van der Waals surface area contributed by atoms with Gasteiger partial charge in [-0.3, -0.25) is 4.90 Å². The lowest BCUT2D eigenvalue weighted by Crippen LogP contribution is -2.46. The van der Waals surface area contributed by atoms with Gasteiger partial charge in [0.1, 0.15) is 0 Å². The Morgan fingerprint density at radius 1 is 1.00 bits per heavy atom. The first-order chi connectivity index (χ1) is 8.66. The second-order valence-electron chi connectivity index (χ2n) is 6.81. The molecule has 0 spiro atoms. The Morgan fingerprint density at radius 3 is 2.44 bits per heavy atom. The molecule has 2 aliphatic rings. The summed E-state index contributed by atoms with van der Waals surface area (Å²) in [6, 6.07) is 1.59. The number of nitrogens with one attached hydrogen (secondary N) is 1. The van der Waals surface area contributed by atoms with E-state index < -0.39 is 0 Å². The second kappa shape index (κ2) is 6.91. The average Bonchev–Trinajstić information content (AvgIpc) is 2.37. The van der Waals surface area contributed by atoms with Gasteiger partial charge in [0.2, 0.25) is 0 Å². The van der Waals surface area contributed by atoms with E-state index in [1.807, 2.05) is 0 Å². The van der Waals surface area contributed by atoms with Crippen LogP contribution in [0.2, 0.25) is 0 Å². The molecule has 18 heavy (non-hydrogen) atoms. The number of likely N-dealkylation sites (tertiary alicyclic amines) is 1. The van der Waals surface area contributed by atoms with Crippen molar-refractivity contribution < 1.29 is 0 Å². The molecule has 1 aliphatic heterocycles. The first-order valence-corrected chi connectivity index (χ1v) is 8.14. The maximum absolute atomic E-state index is 3.78. The number of piperidine rings is 1. The molecule has 1 saturated carbocycles. The minimum absolute atomic E-state index is 0.784. The van der Waals surface area contributed by atoms with E-state index in [0.717, 1.165) is 23.9 Å². The van der Waals surface area contributed by atoms with Gasteiger partial charge in [0.15, 0.2) is 0 Å². The summed E-state index contributed by atoms with van der Waals surface area (Å²) >= 11 is 0. The van der Waals surface area contributed by atoms with E-state index >= 15 is 0 Å². The monoisotopic (exact) mass is 252 g/mol. The van der Waals surface area contributed by atoms with Gasteiger partial charge in [-0.25, -0.2) is 0 Å². The molecule has 1 saturated heterocycles. The predicted octanol–water partition coefficient (Wildman–Crippen LogP) is 3.28. The summed E-state index contributed by atoms with van der Waals surface area (Å²) in [7, 11) is 0. The zero-order valence-corrected chi connectivity index (χ0v) is 12.6. The second-order valence-corrected chi connectivity index (χ2v) is 6.81. The van der Waals surface area contributed by atoms with Crippen molar-refractivity contribution in [3.63, 3.8) is 0 Å². The van der Waals surface area contributed by atoms with Gasteiger partial charge < -0.3 is 5.32 Å². The quantitative estimate of drug-likeness (QED) is 0.826. The van der Waals surface area contributed by atoms with E-state index in [1.165, 1.54) is 58.2 Å². The van der Waals surface area contributed by atoms with Gasteiger partial charge in [-0.1, -0.05) is 13.8 Å². The van der Waals surface area contributed by atoms with E-state index in [0.29, 0.717) is 0 Å².